The molecular formula is C96H72F24. The van der Waals surface area contributed by atoms with Gasteiger partial charge in [-0.3, -0.25) is 0 Å². The van der Waals surface area contributed by atoms with Gasteiger partial charge in [-0.2, -0.15) is 0 Å². The summed E-state index contributed by atoms with van der Waals surface area (Å²) in [5.41, 5.74) is 4.33. The van der Waals surface area contributed by atoms with Gasteiger partial charge >= 0.3 is 0 Å². The molecule has 0 unspecified atom stereocenters. The molecule has 16 rings (SSSR count). The van der Waals surface area contributed by atoms with Crippen LogP contribution in [0.2, 0.25) is 0 Å². The van der Waals surface area contributed by atoms with Gasteiger partial charge in [-0.25, -0.2) is 105 Å². The fourth-order valence-corrected chi connectivity index (χ4v) is 13.1. The molecule has 0 aromatic heterocycles. The molecule has 0 nitrogen and oxygen atoms in total. The maximum absolute atomic E-state index is 13.6. The Morgan fingerprint density at radius 2 is 0.433 bits per heavy atom. The van der Waals surface area contributed by atoms with Crippen molar-refractivity contribution in [2.45, 2.75) is 111 Å². The molecule has 0 spiro atoms. The third kappa shape index (κ3) is 18.8. The maximum atomic E-state index is 13.6. The number of hydrogen-bond donors (Lipinski definition) is 0. The van der Waals surface area contributed by atoms with Crippen LogP contribution < -0.4 is 0 Å². The zero-order valence-corrected chi connectivity index (χ0v) is 66.9. The Morgan fingerprint density at radius 1 is 0.133 bits per heavy atom. The fourth-order valence-electron chi connectivity index (χ4n) is 13.1. The Kier molecular flexibility index (Phi) is 28.4. The van der Waals surface area contributed by atoms with Crippen LogP contribution in [0.25, 0.3) is 86.2 Å². The SMILES string of the molecule is Cc1cc(F)c2c(F)c(C)c(F)cc2c1.Cc1cc(F)c2c(F)c(C)cc(F)c2c1.Cc1cc(F)c2c(F)c(C)cc(F)c2c1.Cc1cc(F)c2c(F)c(C)ccc2c1F.Cc1cc(F)c2c(F)c(C)ccc2c1F.Cc1cc2ccc(C)c(F)c2c(F)c1F.Cc1cc2ccc(C)c(F)c2c(F)c1F.Cc1ccc2c(F)c(C)c(F)c(F)c2c1. The van der Waals surface area contributed by atoms with Crippen molar-refractivity contribution in [2.75, 3.05) is 0 Å². The lowest BCUT2D eigenvalue weighted by atomic mass is 10.0. The monoisotopic (exact) mass is 1680 g/mol. The standard InChI is InChI=1S/8C12H9F3/c1-6-3-8-5-9(13)7(2)12(15)11(8)10(14)4-6;2*1-6-3-8-9(13)5-7(2)12(15)11(8)10(14)4-6;2*1-6-3-4-8-10(12(6)15)9(13)5-7(2)11(8)14;2*1-6-3-4-8-5-7(2)11(14)12(15)9(8)10(6)13;1-6-3-4-8-9(5-6)12(15)11(14)7(2)10(8)13/h8*3-5H,1-2H3. The Hall–Kier alpha value is -12.1. The molecule has 120 heavy (non-hydrogen) atoms. The predicted molar refractivity (Wildman–Crippen MR) is 426 cm³/mol. The van der Waals surface area contributed by atoms with E-state index in [0.717, 1.165) is 35.9 Å². The van der Waals surface area contributed by atoms with E-state index >= 15 is 0 Å². The Balaban J connectivity index is 0.000000156. The van der Waals surface area contributed by atoms with E-state index in [1.54, 1.807) is 64.1 Å². The van der Waals surface area contributed by atoms with Gasteiger partial charge in [0.1, 0.15) is 105 Å². The van der Waals surface area contributed by atoms with Crippen LogP contribution in [-0.2, 0) is 0 Å². The van der Waals surface area contributed by atoms with E-state index in [0.29, 0.717) is 49.7 Å². The van der Waals surface area contributed by atoms with Gasteiger partial charge in [0.05, 0.1) is 37.7 Å². The van der Waals surface area contributed by atoms with Gasteiger partial charge < -0.3 is 0 Å². The lowest BCUT2D eigenvalue weighted by molar-refractivity contribution is 0.497. The van der Waals surface area contributed by atoms with E-state index in [-0.39, 0.29) is 120 Å². The normalized spacial score (nSPS) is 11.0. The first-order valence-electron chi connectivity index (χ1n) is 36.4. The van der Waals surface area contributed by atoms with Gasteiger partial charge in [0.25, 0.3) is 0 Å². The third-order valence-corrected chi connectivity index (χ3v) is 19.8. The quantitative estimate of drug-likeness (QED) is 0.105. The summed E-state index contributed by atoms with van der Waals surface area (Å²) in [5.74, 6) is -18.4. The van der Waals surface area contributed by atoms with Crippen LogP contribution in [-0.4, -0.2) is 0 Å². The largest absolute Gasteiger partial charge is 0.207 e. The summed E-state index contributed by atoms with van der Waals surface area (Å²) in [6.45, 7) is 23.9. The average molecular weight is 1680 g/mol. The molecule has 0 amide bonds. The molecule has 0 atom stereocenters. The lowest BCUT2D eigenvalue weighted by Crippen LogP contribution is -1.96. The number of benzene rings is 16. The number of halogens is 24. The van der Waals surface area contributed by atoms with Crippen LogP contribution >= 0.6 is 0 Å². The number of fused-ring (bicyclic) bond motifs is 8. The van der Waals surface area contributed by atoms with Gasteiger partial charge in [-0.1, -0.05) is 72.3 Å². The maximum Gasteiger partial charge on any atom is 0.169 e. The van der Waals surface area contributed by atoms with Crippen LogP contribution in [0.5, 0.6) is 0 Å². The summed E-state index contributed by atoms with van der Waals surface area (Å²) in [5, 5.41) is -0.606. The fraction of sp³-hybridized carbons (Fsp3) is 0.167. The summed E-state index contributed by atoms with van der Waals surface area (Å²) in [6, 6.07) is 32.8. The van der Waals surface area contributed by atoms with Crippen molar-refractivity contribution in [2.24, 2.45) is 0 Å². The van der Waals surface area contributed by atoms with Crippen LogP contribution in [0.15, 0.2) is 146 Å². The molecule has 16 aromatic rings. The van der Waals surface area contributed by atoms with E-state index in [1.165, 1.54) is 162 Å². The summed E-state index contributed by atoms with van der Waals surface area (Å²) >= 11 is 0. The minimum absolute atomic E-state index is 0.00407. The van der Waals surface area contributed by atoms with Crippen molar-refractivity contribution < 1.29 is 105 Å². The molecule has 0 radical (unpaired) electrons. The lowest BCUT2D eigenvalue weighted by Gasteiger charge is -2.07. The molecule has 16 aromatic carbocycles. The molecule has 0 fully saturated rings. The van der Waals surface area contributed by atoms with Crippen molar-refractivity contribution in [3.8, 4) is 0 Å². The zero-order chi connectivity index (χ0) is 89.3. The van der Waals surface area contributed by atoms with Gasteiger partial charge in [0, 0.05) is 43.4 Å². The second-order valence-corrected chi connectivity index (χ2v) is 29.0. The van der Waals surface area contributed by atoms with Crippen molar-refractivity contribution in [3.05, 3.63) is 374 Å². The molecule has 624 valence electrons. The molecule has 0 bridgehead atoms. The minimum atomic E-state index is -1.11. The number of aryl methyl sites for hydroxylation is 14. The molecule has 0 saturated carbocycles. The third-order valence-electron chi connectivity index (χ3n) is 19.8. The highest BCUT2D eigenvalue weighted by Crippen LogP contribution is 2.36. The first-order valence-corrected chi connectivity index (χ1v) is 36.4. The number of hydrogen-bond acceptors (Lipinski definition) is 0. The van der Waals surface area contributed by atoms with E-state index in [4.69, 9.17) is 0 Å². The first kappa shape index (κ1) is 91.8. The zero-order valence-electron chi connectivity index (χ0n) is 66.9. The average Bonchev–Trinajstić information content (AvgIpc) is 0.803. The van der Waals surface area contributed by atoms with Crippen LogP contribution in [0.3, 0.4) is 0 Å². The van der Waals surface area contributed by atoms with E-state index < -0.39 is 140 Å². The van der Waals surface area contributed by atoms with E-state index in [2.05, 4.69) is 0 Å². The molecule has 0 aliphatic heterocycles. The number of rotatable bonds is 0. The van der Waals surface area contributed by atoms with Crippen molar-refractivity contribution in [1.82, 2.24) is 0 Å². The molecule has 0 saturated heterocycles. The second-order valence-electron chi connectivity index (χ2n) is 29.0. The topological polar surface area (TPSA) is 0 Å². The summed E-state index contributed by atoms with van der Waals surface area (Å²) < 4.78 is 323. The highest BCUT2D eigenvalue weighted by molar-refractivity contribution is 5.91. The van der Waals surface area contributed by atoms with E-state index in [1.807, 2.05) is 0 Å². The Labute approximate surface area is 673 Å². The van der Waals surface area contributed by atoms with Crippen LogP contribution in [0.4, 0.5) is 105 Å². The van der Waals surface area contributed by atoms with Crippen LogP contribution in [0.1, 0.15) is 89.0 Å². The van der Waals surface area contributed by atoms with Crippen molar-refractivity contribution in [1.29, 1.82) is 0 Å². The van der Waals surface area contributed by atoms with Gasteiger partial charge in [-0.05, 0) is 278 Å². The molecule has 0 heterocycles. The second kappa shape index (κ2) is 37.1. The minimum Gasteiger partial charge on any atom is -0.207 e. The molecular weight excluding hydrogens is 1610 g/mol. The highest BCUT2D eigenvalue weighted by atomic mass is 19.2. The summed E-state index contributed by atoms with van der Waals surface area (Å²) in [6.07, 6.45) is 0. The van der Waals surface area contributed by atoms with Gasteiger partial charge in [0.2, 0.25) is 0 Å². The van der Waals surface area contributed by atoms with Gasteiger partial charge in [0.15, 0.2) is 34.9 Å². The molecule has 0 N–H and O–H groups in total. The smallest absolute Gasteiger partial charge is 0.169 e. The predicted octanol–water partition coefficient (Wildman–Crippen LogP) is 31.0. The highest BCUT2D eigenvalue weighted by Gasteiger charge is 2.23. The molecule has 0 aliphatic carbocycles. The van der Waals surface area contributed by atoms with E-state index in [9.17, 15) is 105 Å². The van der Waals surface area contributed by atoms with Crippen LogP contribution in [0, 0.1) is 250 Å². The Morgan fingerprint density at radius 3 is 0.833 bits per heavy atom. The van der Waals surface area contributed by atoms with Crippen molar-refractivity contribution in [3.63, 3.8) is 0 Å². The summed E-state index contributed by atoms with van der Waals surface area (Å²) in [4.78, 5) is 0. The Bertz CT molecular complexity index is 6400. The molecule has 0 aliphatic rings. The van der Waals surface area contributed by atoms with Gasteiger partial charge in [-0.15, -0.1) is 0 Å². The first-order chi connectivity index (χ1) is 56.1. The molecule has 24 heteroatoms. The summed E-state index contributed by atoms with van der Waals surface area (Å²) in [7, 11) is 0. The van der Waals surface area contributed by atoms with Crippen molar-refractivity contribution >= 4 is 86.2 Å².